The van der Waals surface area contributed by atoms with Gasteiger partial charge in [0.2, 0.25) is 0 Å². The second-order valence-corrected chi connectivity index (χ2v) is 5.64. The van der Waals surface area contributed by atoms with Gasteiger partial charge in [-0.1, -0.05) is 18.2 Å². The van der Waals surface area contributed by atoms with Gasteiger partial charge in [0.1, 0.15) is 0 Å². The lowest BCUT2D eigenvalue weighted by atomic mass is 10.0. The average molecular weight is 329 g/mol. The van der Waals surface area contributed by atoms with Crippen LogP contribution >= 0.6 is 0 Å². The van der Waals surface area contributed by atoms with E-state index in [0.29, 0.717) is 29.7 Å². The molecule has 0 unspecified atom stereocenters. The van der Waals surface area contributed by atoms with Crippen molar-refractivity contribution in [2.75, 3.05) is 13.2 Å². The highest BCUT2D eigenvalue weighted by Crippen LogP contribution is 2.28. The Kier molecular flexibility index (Phi) is 3.50. The Labute approximate surface area is 135 Å². The average Bonchev–Trinajstić information content (AvgIpc) is 2.96. The third kappa shape index (κ3) is 2.43. The van der Waals surface area contributed by atoms with Gasteiger partial charge in [0.05, 0.1) is 24.8 Å². The van der Waals surface area contributed by atoms with E-state index >= 15 is 0 Å². The molecule has 1 amide bonds. The van der Waals surface area contributed by atoms with Crippen LogP contribution in [0.1, 0.15) is 10.5 Å². The van der Waals surface area contributed by atoms with Gasteiger partial charge in [-0.3, -0.25) is 9.89 Å². The molecule has 1 aliphatic heterocycles. The highest BCUT2D eigenvalue weighted by atomic mass is 19.2. The maximum atomic E-state index is 14.0. The fourth-order valence-corrected chi connectivity index (χ4v) is 2.65. The molecule has 1 aliphatic rings. The number of carbonyl (C=O) groups is 1. The number of fused-ring (bicyclic) bond motifs is 1. The van der Waals surface area contributed by atoms with Crippen LogP contribution in [-0.2, 0) is 4.74 Å². The molecular formula is C17H13F2N3O2. The third-order valence-electron chi connectivity index (χ3n) is 4.01. The number of hydrogen-bond acceptors (Lipinski definition) is 3. The first kappa shape index (κ1) is 14.8. The summed E-state index contributed by atoms with van der Waals surface area (Å²) in [5, 5.41) is 10.2. The fourth-order valence-electron chi connectivity index (χ4n) is 2.65. The fraction of sp³-hybridized carbons (Fsp3) is 0.176. The molecule has 1 saturated heterocycles. The lowest BCUT2D eigenvalue weighted by molar-refractivity contribution is -0.00352. The largest absolute Gasteiger partial charge is 0.377 e. The second-order valence-electron chi connectivity index (χ2n) is 5.64. The van der Waals surface area contributed by atoms with Crippen LogP contribution in [0, 0.1) is 11.6 Å². The molecule has 2 N–H and O–H groups in total. The monoisotopic (exact) mass is 329 g/mol. The summed E-state index contributed by atoms with van der Waals surface area (Å²) in [5.74, 6) is -2.16. The molecule has 24 heavy (non-hydrogen) atoms. The maximum absolute atomic E-state index is 14.0. The SMILES string of the molecule is O=C(NC1COC1)c1n[nH]c2ccc(-c3cccc(F)c3F)cc12. The normalized spacial score (nSPS) is 14.6. The molecule has 1 fully saturated rings. The van der Waals surface area contributed by atoms with Gasteiger partial charge in [-0.15, -0.1) is 0 Å². The Bertz CT molecular complexity index is 935. The zero-order valence-electron chi connectivity index (χ0n) is 12.5. The number of nitrogens with one attached hydrogen (secondary N) is 2. The molecule has 0 atom stereocenters. The molecule has 122 valence electrons. The highest BCUT2D eigenvalue weighted by molar-refractivity contribution is 6.05. The first-order valence-corrected chi connectivity index (χ1v) is 7.44. The standard InChI is InChI=1S/C17H13F2N3O2/c18-13-3-1-2-11(15(13)19)9-4-5-14-12(6-9)16(22-21-14)17(23)20-10-7-24-8-10/h1-6,10H,7-8H2,(H,20,23)(H,21,22). The number of nitrogens with zero attached hydrogens (tertiary/aromatic N) is 1. The number of aromatic nitrogens is 2. The minimum absolute atomic E-state index is 0.0203. The van der Waals surface area contributed by atoms with E-state index in [1.165, 1.54) is 12.1 Å². The third-order valence-corrected chi connectivity index (χ3v) is 4.01. The van der Waals surface area contributed by atoms with Crippen molar-refractivity contribution in [1.29, 1.82) is 0 Å². The van der Waals surface area contributed by atoms with Crippen molar-refractivity contribution < 1.29 is 18.3 Å². The molecule has 0 aliphatic carbocycles. The summed E-state index contributed by atoms with van der Waals surface area (Å²) in [6, 6.07) is 8.94. The molecular weight excluding hydrogens is 316 g/mol. The minimum Gasteiger partial charge on any atom is -0.377 e. The highest BCUT2D eigenvalue weighted by Gasteiger charge is 2.23. The first-order chi connectivity index (χ1) is 11.6. The number of amides is 1. The zero-order chi connectivity index (χ0) is 16.7. The van der Waals surface area contributed by atoms with Crippen LogP contribution < -0.4 is 5.32 Å². The minimum atomic E-state index is -0.919. The first-order valence-electron chi connectivity index (χ1n) is 7.44. The number of carbonyl (C=O) groups excluding carboxylic acids is 1. The predicted octanol–water partition coefficient (Wildman–Crippen LogP) is 2.64. The Morgan fingerprint density at radius 1 is 1.25 bits per heavy atom. The van der Waals surface area contributed by atoms with Gasteiger partial charge >= 0.3 is 0 Å². The van der Waals surface area contributed by atoms with Gasteiger partial charge in [-0.05, 0) is 23.8 Å². The Balaban J connectivity index is 1.75. The van der Waals surface area contributed by atoms with Crippen molar-refractivity contribution in [3.63, 3.8) is 0 Å². The van der Waals surface area contributed by atoms with Crippen LogP contribution in [0.5, 0.6) is 0 Å². The molecule has 7 heteroatoms. The molecule has 2 heterocycles. The van der Waals surface area contributed by atoms with Crippen LogP contribution in [0.4, 0.5) is 8.78 Å². The number of ether oxygens (including phenoxy) is 1. The van der Waals surface area contributed by atoms with E-state index in [0.717, 1.165) is 6.07 Å². The van der Waals surface area contributed by atoms with E-state index in [-0.39, 0.29) is 23.2 Å². The molecule has 0 saturated carbocycles. The Morgan fingerprint density at radius 3 is 2.83 bits per heavy atom. The van der Waals surface area contributed by atoms with E-state index in [2.05, 4.69) is 15.5 Å². The topological polar surface area (TPSA) is 67.0 Å². The van der Waals surface area contributed by atoms with Gasteiger partial charge in [0, 0.05) is 10.9 Å². The van der Waals surface area contributed by atoms with Crippen LogP contribution in [-0.4, -0.2) is 35.4 Å². The predicted molar refractivity (Wildman–Crippen MR) is 83.5 cm³/mol. The quantitative estimate of drug-likeness (QED) is 0.776. The van der Waals surface area contributed by atoms with E-state index in [1.807, 2.05) is 0 Å². The molecule has 0 radical (unpaired) electrons. The summed E-state index contributed by atoms with van der Waals surface area (Å²) in [5.41, 5.74) is 1.47. The van der Waals surface area contributed by atoms with Crippen molar-refractivity contribution >= 4 is 16.8 Å². The van der Waals surface area contributed by atoms with E-state index in [9.17, 15) is 13.6 Å². The van der Waals surface area contributed by atoms with Gasteiger partial charge < -0.3 is 10.1 Å². The van der Waals surface area contributed by atoms with Gasteiger partial charge in [0.15, 0.2) is 17.3 Å². The molecule has 3 aromatic rings. The lowest BCUT2D eigenvalue weighted by Crippen LogP contribution is -2.48. The van der Waals surface area contributed by atoms with Crippen molar-refractivity contribution in [2.45, 2.75) is 6.04 Å². The summed E-state index contributed by atoms with van der Waals surface area (Å²) in [6.45, 7) is 0.960. The number of H-pyrrole nitrogens is 1. The van der Waals surface area contributed by atoms with Crippen molar-refractivity contribution in [3.8, 4) is 11.1 Å². The number of aromatic amines is 1. The zero-order valence-corrected chi connectivity index (χ0v) is 12.5. The van der Waals surface area contributed by atoms with E-state index < -0.39 is 11.6 Å². The van der Waals surface area contributed by atoms with Crippen LogP contribution in [0.15, 0.2) is 36.4 Å². The molecule has 1 aromatic heterocycles. The van der Waals surface area contributed by atoms with Crippen LogP contribution in [0.2, 0.25) is 0 Å². The van der Waals surface area contributed by atoms with Gasteiger partial charge in [0.25, 0.3) is 5.91 Å². The van der Waals surface area contributed by atoms with Crippen LogP contribution in [0.25, 0.3) is 22.0 Å². The van der Waals surface area contributed by atoms with Gasteiger partial charge in [-0.2, -0.15) is 5.10 Å². The van der Waals surface area contributed by atoms with Gasteiger partial charge in [-0.25, -0.2) is 8.78 Å². The van der Waals surface area contributed by atoms with Crippen molar-refractivity contribution in [1.82, 2.24) is 15.5 Å². The van der Waals surface area contributed by atoms with Crippen molar-refractivity contribution in [3.05, 3.63) is 53.7 Å². The molecule has 0 bridgehead atoms. The number of rotatable bonds is 3. The summed E-state index contributed by atoms with van der Waals surface area (Å²) >= 11 is 0. The number of halogens is 2. The second kappa shape index (κ2) is 5.68. The molecule has 0 spiro atoms. The Morgan fingerprint density at radius 2 is 2.08 bits per heavy atom. The molecule has 5 nitrogen and oxygen atoms in total. The summed E-state index contributed by atoms with van der Waals surface area (Å²) in [4.78, 5) is 12.3. The molecule has 2 aromatic carbocycles. The lowest BCUT2D eigenvalue weighted by Gasteiger charge is -2.26. The summed E-state index contributed by atoms with van der Waals surface area (Å²) < 4.78 is 32.5. The number of benzene rings is 2. The summed E-state index contributed by atoms with van der Waals surface area (Å²) in [6.07, 6.45) is 0. The van der Waals surface area contributed by atoms with E-state index in [4.69, 9.17) is 4.74 Å². The smallest absolute Gasteiger partial charge is 0.272 e. The maximum Gasteiger partial charge on any atom is 0.272 e. The van der Waals surface area contributed by atoms with Crippen LogP contribution in [0.3, 0.4) is 0 Å². The molecule has 4 rings (SSSR count). The van der Waals surface area contributed by atoms with E-state index in [1.54, 1.807) is 18.2 Å². The van der Waals surface area contributed by atoms with Crippen molar-refractivity contribution in [2.24, 2.45) is 0 Å². The summed E-state index contributed by atoms with van der Waals surface area (Å²) in [7, 11) is 0. The number of hydrogen-bond donors (Lipinski definition) is 2. The Hall–Kier alpha value is -2.80.